The van der Waals surface area contributed by atoms with Gasteiger partial charge in [-0.05, 0) is 66.6 Å². The molecule has 6 nitrogen and oxygen atoms in total. The number of aliphatic hydroxyl groups excluding tert-OH is 1. The van der Waals surface area contributed by atoms with Crippen molar-refractivity contribution in [1.29, 1.82) is 0 Å². The molecule has 2 atom stereocenters. The Kier molecular flexibility index (Phi) is 14.0. The van der Waals surface area contributed by atoms with Crippen molar-refractivity contribution < 1.29 is 18.7 Å². The summed E-state index contributed by atoms with van der Waals surface area (Å²) in [5.74, 6) is -1.08. The Labute approximate surface area is 242 Å². The first-order chi connectivity index (χ1) is 18.8. The number of aliphatic hydroxyl groups is 1. The molecule has 3 N–H and O–H groups in total. The van der Waals surface area contributed by atoms with Crippen molar-refractivity contribution in [2.24, 2.45) is 0 Å². The van der Waals surface area contributed by atoms with Gasteiger partial charge in [0.1, 0.15) is 17.5 Å². The van der Waals surface area contributed by atoms with Crippen LogP contribution in [0.3, 0.4) is 0 Å². The Hall–Kier alpha value is -3.07. The maximum absolute atomic E-state index is 13.9. The zero-order valence-corrected chi connectivity index (χ0v) is 24.3. The molecule has 0 fully saturated rings. The van der Waals surface area contributed by atoms with Gasteiger partial charge in [-0.2, -0.15) is 0 Å². The van der Waals surface area contributed by atoms with Crippen molar-refractivity contribution in [3.05, 3.63) is 94.7 Å². The minimum absolute atomic E-state index is 0. The molecule has 0 aliphatic rings. The first kappa shape index (κ1) is 33.1. The number of rotatable bonds is 15. The van der Waals surface area contributed by atoms with Crippen LogP contribution in [0.1, 0.15) is 60.7 Å². The van der Waals surface area contributed by atoms with Gasteiger partial charge in [-0.3, -0.25) is 4.79 Å². The second-order valence-corrected chi connectivity index (χ2v) is 9.82. The molecule has 0 aliphatic heterocycles. The summed E-state index contributed by atoms with van der Waals surface area (Å²) in [7, 11) is 0. The summed E-state index contributed by atoms with van der Waals surface area (Å²) >= 11 is 0. The Morgan fingerprint density at radius 1 is 0.950 bits per heavy atom. The molecular weight excluding hydrogens is 534 g/mol. The molecule has 1 heterocycles. The van der Waals surface area contributed by atoms with E-state index in [2.05, 4.69) is 53.4 Å². The summed E-state index contributed by atoms with van der Waals surface area (Å²) in [6.45, 7) is 8.65. The molecule has 0 saturated heterocycles. The highest BCUT2D eigenvalue weighted by Gasteiger charge is 2.23. The summed E-state index contributed by atoms with van der Waals surface area (Å²) in [4.78, 5) is 19.9. The van der Waals surface area contributed by atoms with Crippen molar-refractivity contribution in [3.8, 4) is 0 Å². The number of amides is 1. The highest BCUT2D eigenvalue weighted by Crippen LogP contribution is 2.16. The van der Waals surface area contributed by atoms with Crippen LogP contribution in [-0.4, -0.2) is 47.8 Å². The SMILES string of the molecule is CCCN(CCC)c1cc(C(=O)N[C@@H](Cc2cc(F)cc(F)c2)[C@H](O)CNCc2cccc(CC)c2)ccn1.Cl. The molecule has 0 radical (unpaired) electrons. The highest BCUT2D eigenvalue weighted by atomic mass is 35.5. The van der Waals surface area contributed by atoms with Crippen LogP contribution >= 0.6 is 12.4 Å². The first-order valence-corrected chi connectivity index (χ1v) is 13.8. The third kappa shape index (κ3) is 10.2. The molecule has 218 valence electrons. The van der Waals surface area contributed by atoms with E-state index in [1.54, 1.807) is 18.3 Å². The summed E-state index contributed by atoms with van der Waals surface area (Å²) < 4.78 is 27.8. The van der Waals surface area contributed by atoms with E-state index in [0.717, 1.165) is 44.0 Å². The number of hydrogen-bond donors (Lipinski definition) is 3. The van der Waals surface area contributed by atoms with Crippen LogP contribution in [0.15, 0.2) is 60.8 Å². The van der Waals surface area contributed by atoms with Crippen LogP contribution in [0.4, 0.5) is 14.6 Å². The van der Waals surface area contributed by atoms with Gasteiger partial charge in [0, 0.05) is 44.0 Å². The van der Waals surface area contributed by atoms with Gasteiger partial charge in [-0.25, -0.2) is 13.8 Å². The third-order valence-electron chi connectivity index (χ3n) is 6.56. The van der Waals surface area contributed by atoms with Crippen LogP contribution in [0.2, 0.25) is 0 Å². The van der Waals surface area contributed by atoms with Gasteiger partial charge < -0.3 is 20.6 Å². The van der Waals surface area contributed by atoms with Crippen LogP contribution < -0.4 is 15.5 Å². The fourth-order valence-electron chi connectivity index (χ4n) is 4.60. The zero-order valence-electron chi connectivity index (χ0n) is 23.5. The number of anilines is 1. The van der Waals surface area contributed by atoms with Gasteiger partial charge in [-0.15, -0.1) is 12.4 Å². The Balaban J connectivity index is 0.00000560. The quantitative estimate of drug-likeness (QED) is 0.225. The van der Waals surface area contributed by atoms with E-state index in [1.807, 2.05) is 12.1 Å². The van der Waals surface area contributed by atoms with Crippen molar-refractivity contribution >= 4 is 24.1 Å². The predicted octanol–water partition coefficient (Wildman–Crippen LogP) is 5.46. The molecular formula is C31H41ClF2N4O2. The van der Waals surface area contributed by atoms with Gasteiger partial charge >= 0.3 is 0 Å². The molecule has 2 aromatic carbocycles. The lowest BCUT2D eigenvalue weighted by molar-refractivity contribution is 0.0829. The van der Waals surface area contributed by atoms with Gasteiger partial charge in [0.05, 0.1) is 12.1 Å². The summed E-state index contributed by atoms with van der Waals surface area (Å²) in [6.07, 6.45) is 3.48. The summed E-state index contributed by atoms with van der Waals surface area (Å²) in [5, 5.41) is 17.2. The molecule has 40 heavy (non-hydrogen) atoms. The molecule has 0 bridgehead atoms. The number of carbonyl (C=O) groups excluding carboxylic acids is 1. The number of carbonyl (C=O) groups is 1. The standard InChI is InChI=1S/C31H40F2N4O2.ClH/c1-4-12-37(13-5-2)30-18-25(10-11-35-30)31(39)36-28(17-24-15-26(32)19-27(33)16-24)29(38)21-34-20-23-9-7-8-22(6-3)14-23;/h7-11,14-16,18-19,28-29,34,38H,4-6,12-13,17,20-21H2,1-3H3,(H,36,39);1H/t28-,29+;/m0./s1. The second-order valence-electron chi connectivity index (χ2n) is 9.82. The summed E-state index contributed by atoms with van der Waals surface area (Å²) in [5.41, 5.74) is 3.06. The molecule has 0 spiro atoms. The lowest BCUT2D eigenvalue weighted by atomic mass is 10.00. The van der Waals surface area contributed by atoms with E-state index < -0.39 is 23.8 Å². The number of nitrogens with zero attached hydrogens (tertiary/aromatic N) is 2. The lowest BCUT2D eigenvalue weighted by Gasteiger charge is -2.26. The number of halogens is 3. The molecule has 1 amide bonds. The number of hydrogen-bond acceptors (Lipinski definition) is 5. The Morgan fingerprint density at radius 2 is 1.62 bits per heavy atom. The molecule has 0 aliphatic carbocycles. The number of nitrogens with one attached hydrogen (secondary N) is 2. The number of aromatic nitrogens is 1. The van der Waals surface area contributed by atoms with E-state index in [1.165, 1.54) is 17.7 Å². The monoisotopic (exact) mass is 574 g/mol. The van der Waals surface area contributed by atoms with Crippen LogP contribution in [-0.2, 0) is 19.4 Å². The van der Waals surface area contributed by atoms with Gasteiger partial charge in [0.15, 0.2) is 0 Å². The lowest BCUT2D eigenvalue weighted by Crippen LogP contribution is -2.48. The van der Waals surface area contributed by atoms with Gasteiger partial charge in [0.25, 0.3) is 5.91 Å². The van der Waals surface area contributed by atoms with Gasteiger partial charge in [-0.1, -0.05) is 45.0 Å². The molecule has 9 heteroatoms. The topological polar surface area (TPSA) is 77.5 Å². The van der Waals surface area contributed by atoms with Crippen molar-refractivity contribution in [1.82, 2.24) is 15.6 Å². The maximum atomic E-state index is 13.9. The molecule has 0 unspecified atom stereocenters. The number of benzene rings is 2. The van der Waals surface area contributed by atoms with E-state index in [-0.39, 0.29) is 31.3 Å². The Bertz CT molecular complexity index is 1190. The van der Waals surface area contributed by atoms with Crippen LogP contribution in [0.25, 0.3) is 0 Å². The average molecular weight is 575 g/mol. The normalized spacial score (nSPS) is 12.3. The highest BCUT2D eigenvalue weighted by molar-refractivity contribution is 5.95. The average Bonchev–Trinajstić information content (AvgIpc) is 2.92. The van der Waals surface area contributed by atoms with E-state index in [0.29, 0.717) is 23.5 Å². The minimum Gasteiger partial charge on any atom is -0.390 e. The van der Waals surface area contributed by atoms with Crippen LogP contribution in [0.5, 0.6) is 0 Å². The zero-order chi connectivity index (χ0) is 28.2. The van der Waals surface area contributed by atoms with Crippen molar-refractivity contribution in [2.75, 3.05) is 24.5 Å². The molecule has 3 rings (SSSR count). The first-order valence-electron chi connectivity index (χ1n) is 13.8. The van der Waals surface area contributed by atoms with E-state index in [9.17, 15) is 18.7 Å². The predicted molar refractivity (Wildman–Crippen MR) is 159 cm³/mol. The Morgan fingerprint density at radius 3 is 2.27 bits per heavy atom. The number of pyridine rings is 1. The largest absolute Gasteiger partial charge is 0.390 e. The van der Waals surface area contributed by atoms with Crippen LogP contribution in [0, 0.1) is 11.6 Å². The van der Waals surface area contributed by atoms with E-state index >= 15 is 0 Å². The second kappa shape index (κ2) is 16.9. The third-order valence-corrected chi connectivity index (χ3v) is 6.56. The van der Waals surface area contributed by atoms with Crippen molar-refractivity contribution in [2.45, 2.75) is 65.1 Å². The minimum atomic E-state index is -1.01. The number of aryl methyl sites for hydroxylation is 1. The van der Waals surface area contributed by atoms with Gasteiger partial charge in [0.2, 0.25) is 0 Å². The van der Waals surface area contributed by atoms with E-state index in [4.69, 9.17) is 0 Å². The molecule has 0 saturated carbocycles. The van der Waals surface area contributed by atoms with Crippen molar-refractivity contribution in [3.63, 3.8) is 0 Å². The fourth-order valence-corrected chi connectivity index (χ4v) is 4.60. The summed E-state index contributed by atoms with van der Waals surface area (Å²) in [6, 6.07) is 14.0. The smallest absolute Gasteiger partial charge is 0.251 e. The maximum Gasteiger partial charge on any atom is 0.251 e. The molecule has 1 aromatic heterocycles. The fraction of sp³-hybridized carbons (Fsp3) is 0.419. The molecule has 3 aromatic rings.